The van der Waals surface area contributed by atoms with Gasteiger partial charge in [0.2, 0.25) is 0 Å². The van der Waals surface area contributed by atoms with Crippen LogP contribution in [-0.2, 0) is 12.8 Å². The van der Waals surface area contributed by atoms with Gasteiger partial charge in [0.05, 0.1) is 16.6 Å². The lowest BCUT2D eigenvalue weighted by Gasteiger charge is -2.15. The molecule has 1 aliphatic carbocycles. The van der Waals surface area contributed by atoms with Crippen LogP contribution in [0.1, 0.15) is 224 Å². The number of hydrogen-bond donors (Lipinski definition) is 0. The Hall–Kier alpha value is -7.56. The van der Waals surface area contributed by atoms with E-state index in [1.54, 1.807) is 11.1 Å². The molecule has 0 saturated carbocycles. The monoisotopic (exact) mass is 1220 g/mol. The highest BCUT2D eigenvalue weighted by molar-refractivity contribution is 5.83. The zero-order valence-electron chi connectivity index (χ0n) is 63.2. The van der Waals surface area contributed by atoms with Crippen molar-refractivity contribution in [3.8, 4) is 0 Å². The second-order valence-electron chi connectivity index (χ2n) is 17.1. The van der Waals surface area contributed by atoms with Crippen LogP contribution in [0.15, 0.2) is 207 Å². The molecule has 4 heteroatoms. The highest BCUT2D eigenvalue weighted by Crippen LogP contribution is 2.22. The molecule has 1 aliphatic rings. The molecule has 0 radical (unpaired) electrons. The summed E-state index contributed by atoms with van der Waals surface area (Å²) >= 11 is 0. The van der Waals surface area contributed by atoms with Gasteiger partial charge < -0.3 is 0 Å². The largest absolute Gasteiger partial charge is 0.261 e. The van der Waals surface area contributed by atoms with Gasteiger partial charge in [-0.3, -0.25) is 19.9 Å². The maximum Gasteiger partial charge on any atom is 0.0705 e. The third-order valence-corrected chi connectivity index (χ3v) is 11.4. The molecule has 0 unspecified atom stereocenters. The number of aromatic nitrogens is 4. The van der Waals surface area contributed by atoms with Crippen molar-refractivity contribution >= 4 is 54.3 Å². The Labute approximate surface area is 556 Å². The minimum Gasteiger partial charge on any atom is -0.261 e. The van der Waals surface area contributed by atoms with Gasteiger partial charge in [-0.2, -0.15) is 0 Å². The van der Waals surface area contributed by atoms with E-state index in [1.807, 2.05) is 259 Å². The number of pyridine rings is 4. The lowest BCUT2D eigenvalue weighted by atomic mass is 9.91. The summed E-state index contributed by atoms with van der Waals surface area (Å²) in [6.45, 7) is 60.4. The lowest BCUT2D eigenvalue weighted by molar-refractivity contribution is 0.685. The summed E-state index contributed by atoms with van der Waals surface area (Å²) in [4.78, 5) is 17.1. The fourth-order valence-corrected chi connectivity index (χ4v) is 7.89. The first kappa shape index (κ1) is 93.6. The fourth-order valence-electron chi connectivity index (χ4n) is 7.89. The van der Waals surface area contributed by atoms with Crippen molar-refractivity contribution in [1.29, 1.82) is 0 Å². The highest BCUT2D eigenvalue weighted by Gasteiger charge is 2.07. The van der Waals surface area contributed by atoms with Crippen molar-refractivity contribution in [3.05, 3.63) is 251 Å². The van der Waals surface area contributed by atoms with Gasteiger partial charge >= 0.3 is 0 Å². The van der Waals surface area contributed by atoms with Crippen LogP contribution in [0.25, 0.3) is 54.3 Å². The molecule has 0 N–H and O–H groups in total. The summed E-state index contributed by atoms with van der Waals surface area (Å²) in [7, 11) is 0. The van der Waals surface area contributed by atoms with E-state index >= 15 is 0 Å². The van der Waals surface area contributed by atoms with E-state index in [9.17, 15) is 0 Å². The second kappa shape index (κ2) is 67.4. The maximum atomic E-state index is 4.38. The fraction of sp³-hybridized carbons (Fsp3) is 0.395. The van der Waals surface area contributed by atoms with Crippen LogP contribution in [0.4, 0.5) is 0 Å². The number of rotatable bonds is 0. The van der Waals surface area contributed by atoms with Gasteiger partial charge in [-0.1, -0.05) is 323 Å². The van der Waals surface area contributed by atoms with Crippen LogP contribution in [-0.4, -0.2) is 19.9 Å². The summed E-state index contributed by atoms with van der Waals surface area (Å²) in [5, 5.41) is 8.74. The summed E-state index contributed by atoms with van der Waals surface area (Å²) < 4.78 is 0. The van der Waals surface area contributed by atoms with Gasteiger partial charge in [-0.15, -0.1) is 0 Å². The zero-order valence-corrected chi connectivity index (χ0v) is 63.2. The predicted molar refractivity (Wildman–Crippen MR) is 419 cm³/mol. The van der Waals surface area contributed by atoms with Crippen molar-refractivity contribution in [2.45, 2.75) is 233 Å². The topological polar surface area (TPSA) is 51.6 Å². The van der Waals surface area contributed by atoms with E-state index in [4.69, 9.17) is 0 Å². The molecule has 0 aliphatic heterocycles. The molecule has 4 heterocycles. The number of hydrogen-bond acceptors (Lipinski definition) is 4. The molecule has 12 rings (SSSR count). The maximum absolute atomic E-state index is 4.38. The molecular formula is C86H132N4. The Morgan fingerprint density at radius 1 is 0.233 bits per heavy atom. The molecule has 0 spiro atoms. The average Bonchev–Trinajstić information content (AvgIpc) is 3.75. The Morgan fingerprint density at radius 2 is 0.622 bits per heavy atom. The molecule has 7 aromatic carbocycles. The minimum absolute atomic E-state index is 1.07. The Balaban J connectivity index is -0.000000220. The van der Waals surface area contributed by atoms with Crippen molar-refractivity contribution in [1.82, 2.24) is 19.9 Å². The molecule has 11 aromatic rings. The van der Waals surface area contributed by atoms with Gasteiger partial charge in [0, 0.05) is 51.5 Å². The van der Waals surface area contributed by atoms with Crippen LogP contribution < -0.4 is 0 Å². The van der Waals surface area contributed by atoms with Crippen molar-refractivity contribution in [2.24, 2.45) is 0 Å². The van der Waals surface area contributed by atoms with Crippen LogP contribution in [0.3, 0.4) is 0 Å². The first-order valence-electron chi connectivity index (χ1n) is 35.0. The van der Waals surface area contributed by atoms with E-state index in [-0.39, 0.29) is 0 Å². The van der Waals surface area contributed by atoms with Crippen LogP contribution >= 0.6 is 0 Å². The Bertz CT molecular complexity index is 2850. The van der Waals surface area contributed by atoms with Crippen LogP contribution in [0.2, 0.25) is 0 Å². The van der Waals surface area contributed by atoms with Crippen molar-refractivity contribution in [2.75, 3.05) is 0 Å². The first-order chi connectivity index (χ1) is 44.2. The number of benzene rings is 7. The van der Waals surface area contributed by atoms with E-state index in [0.717, 1.165) is 27.9 Å². The molecule has 0 atom stereocenters. The number of para-hydroxylation sites is 2. The van der Waals surface area contributed by atoms with Gasteiger partial charge in [0.1, 0.15) is 0 Å². The average molecular weight is 1220 g/mol. The van der Waals surface area contributed by atoms with E-state index in [1.165, 1.54) is 85.6 Å². The van der Waals surface area contributed by atoms with Gasteiger partial charge in [0.25, 0.3) is 0 Å². The summed E-state index contributed by atoms with van der Waals surface area (Å²) in [6.07, 6.45) is 11.0. The first-order valence-corrected chi connectivity index (χ1v) is 35.0. The molecule has 0 saturated heterocycles. The van der Waals surface area contributed by atoms with E-state index in [0.29, 0.717) is 0 Å². The van der Waals surface area contributed by atoms with Gasteiger partial charge in [-0.25, -0.2) is 0 Å². The minimum atomic E-state index is 1.07. The Morgan fingerprint density at radius 3 is 1.19 bits per heavy atom. The highest BCUT2D eigenvalue weighted by atomic mass is 14.7. The molecule has 4 aromatic heterocycles. The molecule has 496 valence electrons. The summed E-state index contributed by atoms with van der Waals surface area (Å²) in [6, 6.07) is 65.0. The SMILES string of the molecule is CC.CC.CC.CC.CC.CC.CC.CC.CC.CC.CC.CC.Cc1cc2ccccc2cn1.Cc1ccc2c(c1)CCCC2.Cc1ccc2ccccc2c1.Cc1ccc2ccccc2n1.Cc1ccc2cccnc2c1.Cc1cnc2ccccc2c1. The quantitative estimate of drug-likeness (QED) is 0.152. The molecule has 4 nitrogen and oxygen atoms in total. The van der Waals surface area contributed by atoms with E-state index in [2.05, 4.69) is 175 Å². The lowest BCUT2D eigenvalue weighted by Crippen LogP contribution is -2.01. The number of fused-ring (bicyclic) bond motifs is 6. The smallest absolute Gasteiger partial charge is 0.0705 e. The molecule has 0 amide bonds. The predicted octanol–water partition coefficient (Wildman–Crippen LogP) is 28.5. The number of nitrogens with zero attached hydrogens (tertiary/aromatic N) is 4. The van der Waals surface area contributed by atoms with Crippen LogP contribution in [0.5, 0.6) is 0 Å². The molecule has 0 bridgehead atoms. The third kappa shape index (κ3) is 40.2. The number of aryl methyl sites for hydroxylation is 8. The second-order valence-corrected chi connectivity index (χ2v) is 17.1. The summed E-state index contributed by atoms with van der Waals surface area (Å²) in [5.41, 5.74) is 13.7. The van der Waals surface area contributed by atoms with Gasteiger partial charge in [0.15, 0.2) is 0 Å². The summed E-state index contributed by atoms with van der Waals surface area (Å²) in [5.74, 6) is 0. The Kier molecular flexibility index (Phi) is 70.1. The molecule has 90 heavy (non-hydrogen) atoms. The van der Waals surface area contributed by atoms with Crippen molar-refractivity contribution in [3.63, 3.8) is 0 Å². The zero-order chi connectivity index (χ0) is 70.1. The van der Waals surface area contributed by atoms with Gasteiger partial charge in [-0.05, 0) is 148 Å². The molecular weight excluding hydrogens is 1090 g/mol. The van der Waals surface area contributed by atoms with Crippen molar-refractivity contribution < 1.29 is 0 Å². The van der Waals surface area contributed by atoms with Crippen LogP contribution in [0, 0.1) is 41.5 Å². The normalized spacial score (nSPS) is 9.04. The standard InChI is InChI=1S/C11H14.C11H10.4C10H9N.12C2H6/c2*1-9-6-7-10-4-2-3-5-11(10)8-9;1-8-4-5-9-3-2-6-11-10(9)7-8;1-8-6-9-4-2-3-5-10(9)7-11-8;1-8-6-9-4-2-3-5-10(9)11-7-8;1-8-6-7-9-4-2-3-5-10(9)11-8;12*1-2/h6-8H,2-5H2,1H3;2-8H,1H3;4*2-7H,1H3;12*1-2H3. The molecule has 0 fully saturated rings. The third-order valence-electron chi connectivity index (χ3n) is 11.4. The van der Waals surface area contributed by atoms with E-state index < -0.39 is 0 Å².